The van der Waals surface area contributed by atoms with E-state index in [2.05, 4.69) is 10.3 Å². The van der Waals surface area contributed by atoms with Crippen molar-refractivity contribution in [2.24, 2.45) is 0 Å². The van der Waals surface area contributed by atoms with Crippen molar-refractivity contribution in [1.82, 2.24) is 4.98 Å². The summed E-state index contributed by atoms with van der Waals surface area (Å²) >= 11 is 0. The molecule has 1 aromatic heterocycles. The number of hydrogen-bond donors (Lipinski definition) is 3. The number of aromatic nitrogens is 1. The summed E-state index contributed by atoms with van der Waals surface area (Å²) in [5.41, 5.74) is 1.78. The first-order valence-corrected chi connectivity index (χ1v) is 6.76. The van der Waals surface area contributed by atoms with Crippen molar-refractivity contribution in [1.29, 1.82) is 0 Å². The lowest BCUT2D eigenvalue weighted by Crippen LogP contribution is -2.06. The zero-order chi connectivity index (χ0) is 14.8. The van der Waals surface area contributed by atoms with E-state index in [0.717, 1.165) is 22.0 Å². The average Bonchev–Trinajstić information content (AvgIpc) is 2.46. The number of pyridine rings is 1. The van der Waals surface area contributed by atoms with Gasteiger partial charge in [0.2, 0.25) is 0 Å². The highest BCUT2D eigenvalue weighted by Crippen LogP contribution is 2.29. The van der Waals surface area contributed by atoms with Gasteiger partial charge in [-0.25, -0.2) is 0 Å². The Morgan fingerprint density at radius 3 is 2.57 bits per heavy atom. The molecule has 0 saturated heterocycles. The molecule has 0 aliphatic rings. The summed E-state index contributed by atoms with van der Waals surface area (Å²) in [6.45, 7) is 1.98. The van der Waals surface area contributed by atoms with Crippen LogP contribution in [0.3, 0.4) is 0 Å². The molecule has 4 heteroatoms. The first kappa shape index (κ1) is 13.2. The molecule has 1 atom stereocenters. The van der Waals surface area contributed by atoms with Gasteiger partial charge in [0.25, 0.3) is 0 Å². The van der Waals surface area contributed by atoms with Crippen molar-refractivity contribution < 1.29 is 10.2 Å². The smallest absolute Gasteiger partial charge is 0.119 e. The molecular weight excluding hydrogens is 264 g/mol. The lowest BCUT2D eigenvalue weighted by Gasteiger charge is -2.17. The Morgan fingerprint density at radius 1 is 1.05 bits per heavy atom. The SMILES string of the molecule is CC(Nc1cccc2ccncc12)c1cc(O)cc(O)c1. The fraction of sp³-hybridized carbons (Fsp3) is 0.118. The molecule has 21 heavy (non-hydrogen) atoms. The number of rotatable bonds is 3. The van der Waals surface area contributed by atoms with E-state index in [0.29, 0.717) is 0 Å². The Bertz CT molecular complexity index is 761. The lowest BCUT2D eigenvalue weighted by atomic mass is 10.1. The highest BCUT2D eigenvalue weighted by atomic mass is 16.3. The molecule has 2 aromatic carbocycles. The largest absolute Gasteiger partial charge is 0.508 e. The number of fused-ring (bicyclic) bond motifs is 1. The predicted molar refractivity (Wildman–Crippen MR) is 83.6 cm³/mol. The van der Waals surface area contributed by atoms with Crippen molar-refractivity contribution in [3.63, 3.8) is 0 Å². The van der Waals surface area contributed by atoms with E-state index in [1.165, 1.54) is 6.07 Å². The summed E-state index contributed by atoms with van der Waals surface area (Å²) in [5, 5.41) is 24.7. The molecule has 0 amide bonds. The van der Waals surface area contributed by atoms with Crippen LogP contribution in [0, 0.1) is 0 Å². The molecule has 0 bridgehead atoms. The second-order valence-electron chi connectivity index (χ2n) is 5.05. The maximum Gasteiger partial charge on any atom is 0.119 e. The van der Waals surface area contributed by atoms with Gasteiger partial charge in [0.15, 0.2) is 0 Å². The third kappa shape index (κ3) is 2.74. The molecule has 1 heterocycles. The van der Waals surface area contributed by atoms with E-state index in [9.17, 15) is 10.2 Å². The minimum atomic E-state index is -0.0613. The van der Waals surface area contributed by atoms with Crippen LogP contribution in [0.2, 0.25) is 0 Å². The van der Waals surface area contributed by atoms with Crippen LogP contribution in [0.25, 0.3) is 10.8 Å². The molecule has 0 aliphatic heterocycles. The summed E-state index contributed by atoms with van der Waals surface area (Å²) in [5.74, 6) is 0.108. The van der Waals surface area contributed by atoms with Crippen LogP contribution in [0.4, 0.5) is 5.69 Å². The zero-order valence-corrected chi connectivity index (χ0v) is 11.6. The first-order valence-electron chi connectivity index (χ1n) is 6.76. The molecule has 0 saturated carbocycles. The molecule has 0 aliphatic carbocycles. The lowest BCUT2D eigenvalue weighted by molar-refractivity contribution is 0.448. The molecule has 106 valence electrons. The molecule has 1 unspecified atom stereocenters. The third-order valence-electron chi connectivity index (χ3n) is 3.48. The fourth-order valence-electron chi connectivity index (χ4n) is 2.42. The molecule has 4 nitrogen and oxygen atoms in total. The van der Waals surface area contributed by atoms with Crippen molar-refractivity contribution >= 4 is 16.5 Å². The number of phenols is 2. The Hall–Kier alpha value is -2.75. The van der Waals surface area contributed by atoms with E-state index in [1.807, 2.05) is 37.4 Å². The zero-order valence-electron chi connectivity index (χ0n) is 11.6. The third-order valence-corrected chi connectivity index (χ3v) is 3.48. The van der Waals surface area contributed by atoms with Crippen LogP contribution in [0.1, 0.15) is 18.5 Å². The number of benzene rings is 2. The summed E-state index contributed by atoms with van der Waals surface area (Å²) in [7, 11) is 0. The van der Waals surface area contributed by atoms with Gasteiger partial charge in [-0.2, -0.15) is 0 Å². The number of phenolic OH excluding ortho intramolecular Hbond substituents is 2. The minimum Gasteiger partial charge on any atom is -0.508 e. The monoisotopic (exact) mass is 280 g/mol. The maximum atomic E-state index is 9.58. The fourth-order valence-corrected chi connectivity index (χ4v) is 2.42. The molecular formula is C17H16N2O2. The minimum absolute atomic E-state index is 0.0539. The number of anilines is 1. The maximum absolute atomic E-state index is 9.58. The Kier molecular flexibility index (Phi) is 3.36. The topological polar surface area (TPSA) is 65.4 Å². The average molecular weight is 280 g/mol. The molecule has 3 aromatic rings. The van der Waals surface area contributed by atoms with E-state index in [4.69, 9.17) is 0 Å². The van der Waals surface area contributed by atoms with Crippen LogP contribution >= 0.6 is 0 Å². The first-order chi connectivity index (χ1) is 10.1. The summed E-state index contributed by atoms with van der Waals surface area (Å²) in [6, 6.07) is 12.5. The van der Waals surface area contributed by atoms with Crippen LogP contribution in [0.5, 0.6) is 11.5 Å². The van der Waals surface area contributed by atoms with E-state index < -0.39 is 0 Å². The van der Waals surface area contributed by atoms with E-state index in [-0.39, 0.29) is 17.5 Å². The Balaban J connectivity index is 1.94. The van der Waals surface area contributed by atoms with Crippen LogP contribution in [0.15, 0.2) is 54.9 Å². The highest BCUT2D eigenvalue weighted by molar-refractivity contribution is 5.93. The summed E-state index contributed by atoms with van der Waals surface area (Å²) in [4.78, 5) is 4.16. The van der Waals surface area contributed by atoms with Crippen molar-refractivity contribution in [3.05, 3.63) is 60.4 Å². The molecule has 3 N–H and O–H groups in total. The quantitative estimate of drug-likeness (QED) is 0.682. The van der Waals surface area contributed by atoms with Crippen molar-refractivity contribution in [2.75, 3.05) is 5.32 Å². The summed E-state index contributed by atoms with van der Waals surface area (Å²) in [6.07, 6.45) is 3.59. The van der Waals surface area contributed by atoms with Gasteiger partial charge in [-0.3, -0.25) is 4.98 Å². The molecule has 0 spiro atoms. The molecule has 0 fully saturated rings. The van der Waals surface area contributed by atoms with Crippen LogP contribution in [-0.4, -0.2) is 15.2 Å². The van der Waals surface area contributed by atoms with Gasteiger partial charge in [-0.15, -0.1) is 0 Å². The van der Waals surface area contributed by atoms with Gasteiger partial charge < -0.3 is 15.5 Å². The Labute approximate surface area is 122 Å². The molecule has 0 radical (unpaired) electrons. The van der Waals surface area contributed by atoms with E-state index >= 15 is 0 Å². The van der Waals surface area contributed by atoms with Crippen molar-refractivity contribution in [3.8, 4) is 11.5 Å². The standard InChI is InChI=1S/C17H16N2O2/c1-11(13-7-14(20)9-15(21)8-13)19-17-4-2-3-12-5-6-18-10-16(12)17/h2-11,19-21H,1H3. The Morgan fingerprint density at radius 2 is 1.81 bits per heavy atom. The second kappa shape index (κ2) is 5.32. The van der Waals surface area contributed by atoms with Crippen LogP contribution in [-0.2, 0) is 0 Å². The van der Waals surface area contributed by atoms with Crippen LogP contribution < -0.4 is 5.32 Å². The molecule has 3 rings (SSSR count). The van der Waals surface area contributed by atoms with Gasteiger partial charge >= 0.3 is 0 Å². The number of hydrogen-bond acceptors (Lipinski definition) is 4. The van der Waals surface area contributed by atoms with Crippen molar-refractivity contribution in [2.45, 2.75) is 13.0 Å². The highest BCUT2D eigenvalue weighted by Gasteiger charge is 2.10. The van der Waals surface area contributed by atoms with Gasteiger partial charge in [-0.1, -0.05) is 12.1 Å². The number of nitrogens with one attached hydrogen (secondary N) is 1. The number of nitrogens with zero attached hydrogens (tertiary/aromatic N) is 1. The summed E-state index contributed by atoms with van der Waals surface area (Å²) < 4.78 is 0. The second-order valence-corrected chi connectivity index (χ2v) is 5.05. The van der Waals surface area contributed by atoms with Gasteiger partial charge in [0.1, 0.15) is 11.5 Å². The normalized spacial score (nSPS) is 12.2. The van der Waals surface area contributed by atoms with Gasteiger partial charge in [-0.05, 0) is 42.1 Å². The predicted octanol–water partition coefficient (Wildman–Crippen LogP) is 3.82. The van der Waals surface area contributed by atoms with Gasteiger partial charge in [0, 0.05) is 35.6 Å². The van der Waals surface area contributed by atoms with E-state index in [1.54, 1.807) is 18.3 Å². The van der Waals surface area contributed by atoms with Gasteiger partial charge in [0.05, 0.1) is 0 Å². The number of aromatic hydroxyl groups is 2.